The van der Waals surface area contributed by atoms with Crippen molar-refractivity contribution in [3.05, 3.63) is 32.4 Å². The molecule has 0 fully saturated rings. The van der Waals surface area contributed by atoms with E-state index in [0.717, 1.165) is 21.3 Å². The number of sulfonamides is 1. The maximum absolute atomic E-state index is 12.5. The van der Waals surface area contributed by atoms with Gasteiger partial charge in [0.25, 0.3) is 0 Å². The van der Waals surface area contributed by atoms with Gasteiger partial charge in [0.05, 0.1) is 10.9 Å². The first-order valence-electron chi connectivity index (χ1n) is 6.65. The van der Waals surface area contributed by atoms with E-state index < -0.39 is 10.0 Å². The molecule has 5 nitrogen and oxygen atoms in total. The van der Waals surface area contributed by atoms with E-state index in [4.69, 9.17) is 0 Å². The molecular formula is C13H19N3O2S3. The van der Waals surface area contributed by atoms with E-state index in [-0.39, 0.29) is 6.04 Å². The van der Waals surface area contributed by atoms with Crippen molar-refractivity contribution >= 4 is 32.7 Å². The van der Waals surface area contributed by atoms with Gasteiger partial charge in [-0.3, -0.25) is 0 Å². The topological polar surface area (TPSA) is 71.1 Å². The van der Waals surface area contributed by atoms with Gasteiger partial charge in [0.15, 0.2) is 0 Å². The van der Waals surface area contributed by atoms with Crippen molar-refractivity contribution in [1.29, 1.82) is 0 Å². The first kappa shape index (κ1) is 16.6. The normalized spacial score (nSPS) is 13.5. The molecule has 0 spiro atoms. The number of thiazole rings is 1. The minimum absolute atomic E-state index is 0.327. The second-order valence-electron chi connectivity index (χ2n) is 4.63. The Morgan fingerprint density at radius 3 is 2.81 bits per heavy atom. The lowest BCUT2D eigenvalue weighted by Crippen LogP contribution is -2.27. The van der Waals surface area contributed by atoms with E-state index >= 15 is 0 Å². The van der Waals surface area contributed by atoms with Crippen molar-refractivity contribution in [2.75, 3.05) is 6.54 Å². The van der Waals surface area contributed by atoms with Crippen LogP contribution in [0.5, 0.6) is 0 Å². The van der Waals surface area contributed by atoms with Gasteiger partial charge in [-0.1, -0.05) is 6.92 Å². The highest BCUT2D eigenvalue weighted by Gasteiger charge is 2.23. The molecule has 2 aromatic rings. The predicted octanol–water partition coefficient (Wildman–Crippen LogP) is 2.66. The van der Waals surface area contributed by atoms with Crippen LogP contribution in [0.1, 0.15) is 34.7 Å². The van der Waals surface area contributed by atoms with E-state index in [1.54, 1.807) is 19.2 Å². The molecule has 1 atom stereocenters. The number of aromatic nitrogens is 1. The lowest BCUT2D eigenvalue weighted by molar-refractivity contribution is 0.566. The van der Waals surface area contributed by atoms with Crippen LogP contribution in [-0.4, -0.2) is 19.9 Å². The van der Waals surface area contributed by atoms with Crippen LogP contribution in [0.3, 0.4) is 0 Å². The van der Waals surface area contributed by atoms with Gasteiger partial charge in [-0.15, -0.1) is 22.7 Å². The van der Waals surface area contributed by atoms with Crippen LogP contribution in [-0.2, 0) is 16.6 Å². The molecule has 0 bridgehead atoms. The zero-order valence-corrected chi connectivity index (χ0v) is 14.7. The van der Waals surface area contributed by atoms with Crippen molar-refractivity contribution in [2.24, 2.45) is 0 Å². The number of thiophene rings is 1. The van der Waals surface area contributed by atoms with Crippen molar-refractivity contribution in [2.45, 2.75) is 38.3 Å². The molecule has 2 rings (SSSR count). The maximum Gasteiger partial charge on any atom is 0.242 e. The summed E-state index contributed by atoms with van der Waals surface area (Å²) in [6.07, 6.45) is 1.68. The first-order valence-corrected chi connectivity index (χ1v) is 9.83. The highest BCUT2D eigenvalue weighted by Crippen LogP contribution is 2.27. The molecular weight excluding hydrogens is 326 g/mol. The lowest BCUT2D eigenvalue weighted by Gasteiger charge is -2.11. The van der Waals surface area contributed by atoms with Gasteiger partial charge in [0, 0.05) is 27.9 Å². The zero-order valence-electron chi connectivity index (χ0n) is 12.2. The molecule has 0 aliphatic carbocycles. The summed E-state index contributed by atoms with van der Waals surface area (Å²) in [4.78, 5) is 6.34. The monoisotopic (exact) mass is 345 g/mol. The van der Waals surface area contributed by atoms with Gasteiger partial charge in [-0.25, -0.2) is 18.1 Å². The fourth-order valence-electron chi connectivity index (χ4n) is 1.92. The minimum Gasteiger partial charge on any atom is -0.312 e. The Balaban J connectivity index is 2.17. The molecule has 2 heterocycles. The molecule has 0 saturated carbocycles. The Kier molecular flexibility index (Phi) is 5.50. The summed E-state index contributed by atoms with van der Waals surface area (Å²) in [5.41, 5.74) is 0. The molecule has 0 aliphatic heterocycles. The molecule has 2 aromatic heterocycles. The quantitative estimate of drug-likeness (QED) is 0.809. The molecule has 2 N–H and O–H groups in total. The summed E-state index contributed by atoms with van der Waals surface area (Å²) in [6, 6.07) is 1.42. The number of hydrogen-bond donors (Lipinski definition) is 2. The van der Waals surface area contributed by atoms with Crippen LogP contribution >= 0.6 is 22.7 Å². The van der Waals surface area contributed by atoms with Gasteiger partial charge in [0.2, 0.25) is 10.0 Å². The average molecular weight is 346 g/mol. The maximum atomic E-state index is 12.5. The summed E-state index contributed by atoms with van der Waals surface area (Å²) in [5, 5.41) is 5.81. The largest absolute Gasteiger partial charge is 0.312 e. The molecule has 0 amide bonds. The lowest BCUT2D eigenvalue weighted by atomic mass is 10.4. The Labute approximate surface area is 133 Å². The number of rotatable bonds is 7. The molecule has 8 heteroatoms. The standard InChI is InChI=1S/C13H19N3O2S3/c1-4-14-8-11-7-12(10(3)20-11)21(17,18)16-9(2)13-15-5-6-19-13/h5-7,9,14,16H,4,8H2,1-3H3. The second kappa shape index (κ2) is 6.97. The third-order valence-corrected chi connectivity index (χ3v) is 6.72. The molecule has 0 saturated heterocycles. The first-order chi connectivity index (χ1) is 9.94. The van der Waals surface area contributed by atoms with Gasteiger partial charge in [-0.2, -0.15) is 0 Å². The summed E-state index contributed by atoms with van der Waals surface area (Å²) in [6.45, 7) is 7.22. The van der Waals surface area contributed by atoms with Gasteiger partial charge >= 0.3 is 0 Å². The molecule has 0 aromatic carbocycles. The average Bonchev–Trinajstić information content (AvgIpc) is 3.05. The third kappa shape index (κ3) is 4.10. The summed E-state index contributed by atoms with van der Waals surface area (Å²) in [7, 11) is -3.52. The number of nitrogens with one attached hydrogen (secondary N) is 2. The molecule has 0 radical (unpaired) electrons. The van der Waals surface area contributed by atoms with Crippen molar-refractivity contribution in [1.82, 2.24) is 15.0 Å². The smallest absolute Gasteiger partial charge is 0.242 e. The number of aryl methyl sites for hydroxylation is 1. The Morgan fingerprint density at radius 2 is 2.19 bits per heavy atom. The van der Waals surface area contributed by atoms with E-state index in [1.165, 1.54) is 22.7 Å². The van der Waals surface area contributed by atoms with Crippen LogP contribution in [0, 0.1) is 6.92 Å². The van der Waals surface area contributed by atoms with Crippen LogP contribution in [0.2, 0.25) is 0 Å². The van der Waals surface area contributed by atoms with Crippen molar-refractivity contribution in [3.63, 3.8) is 0 Å². The van der Waals surface area contributed by atoms with E-state index in [1.807, 2.05) is 19.2 Å². The zero-order chi connectivity index (χ0) is 15.5. The fraction of sp³-hybridized carbons (Fsp3) is 0.462. The SMILES string of the molecule is CCNCc1cc(S(=O)(=O)NC(C)c2nccs2)c(C)s1. The van der Waals surface area contributed by atoms with Crippen LogP contribution in [0.25, 0.3) is 0 Å². The molecule has 21 heavy (non-hydrogen) atoms. The summed E-state index contributed by atoms with van der Waals surface area (Å²) >= 11 is 2.95. The van der Waals surface area contributed by atoms with Crippen LogP contribution in [0.15, 0.2) is 22.5 Å². The Bertz CT molecular complexity index is 678. The van der Waals surface area contributed by atoms with Crippen molar-refractivity contribution < 1.29 is 8.42 Å². The number of hydrogen-bond acceptors (Lipinski definition) is 6. The van der Waals surface area contributed by atoms with Gasteiger partial charge in [0.1, 0.15) is 5.01 Å². The predicted molar refractivity (Wildman–Crippen MR) is 87.3 cm³/mol. The molecule has 116 valence electrons. The highest BCUT2D eigenvalue weighted by atomic mass is 32.2. The van der Waals surface area contributed by atoms with E-state index in [2.05, 4.69) is 15.0 Å². The second-order valence-corrected chi connectivity index (χ2v) is 8.58. The van der Waals surface area contributed by atoms with Crippen molar-refractivity contribution in [3.8, 4) is 0 Å². The fourth-order valence-corrected chi connectivity index (χ4v) is 5.45. The van der Waals surface area contributed by atoms with E-state index in [0.29, 0.717) is 11.4 Å². The Morgan fingerprint density at radius 1 is 1.43 bits per heavy atom. The van der Waals surface area contributed by atoms with Gasteiger partial charge < -0.3 is 5.32 Å². The van der Waals surface area contributed by atoms with Gasteiger partial charge in [-0.05, 0) is 26.5 Å². The summed E-state index contributed by atoms with van der Waals surface area (Å²) in [5.74, 6) is 0. The molecule has 0 aliphatic rings. The van der Waals surface area contributed by atoms with Crippen LogP contribution in [0.4, 0.5) is 0 Å². The van der Waals surface area contributed by atoms with E-state index in [9.17, 15) is 8.42 Å². The highest BCUT2D eigenvalue weighted by molar-refractivity contribution is 7.89. The Hall–Kier alpha value is -0.800. The minimum atomic E-state index is -3.52. The number of nitrogens with zero attached hydrogens (tertiary/aromatic N) is 1. The summed E-state index contributed by atoms with van der Waals surface area (Å²) < 4.78 is 27.7. The third-order valence-electron chi connectivity index (χ3n) is 2.92. The molecule has 1 unspecified atom stereocenters. The van der Waals surface area contributed by atoms with Crippen LogP contribution < -0.4 is 10.0 Å².